The van der Waals surface area contributed by atoms with Crippen LogP contribution in [-0.4, -0.2) is 41.9 Å². The average Bonchev–Trinajstić information content (AvgIpc) is 3.57. The Bertz CT molecular complexity index is 1290. The number of hydrogen-bond donors (Lipinski definition) is 3. The van der Waals surface area contributed by atoms with Gasteiger partial charge < -0.3 is 26.3 Å². The number of ether oxygens (including phenoxy) is 2. The zero-order valence-corrected chi connectivity index (χ0v) is 22.1. The Kier molecular flexibility index (Phi) is 8.47. The number of nitrogen functional groups attached to an aromatic ring is 1. The van der Waals surface area contributed by atoms with Crippen LogP contribution in [0.5, 0.6) is 11.5 Å². The number of nitrogens with zero attached hydrogens (tertiary/aromatic N) is 2. The zero-order chi connectivity index (χ0) is 27.2. The van der Waals surface area contributed by atoms with Crippen molar-refractivity contribution in [3.05, 3.63) is 64.7 Å². The third kappa shape index (κ3) is 5.72. The summed E-state index contributed by atoms with van der Waals surface area (Å²) in [7, 11) is 1.54. The van der Waals surface area contributed by atoms with Crippen molar-refractivity contribution in [1.29, 1.82) is 0 Å². The lowest BCUT2D eigenvalue weighted by Gasteiger charge is -2.32. The minimum atomic E-state index is -1.05. The molecule has 38 heavy (non-hydrogen) atoms. The highest BCUT2D eigenvalue weighted by Gasteiger charge is 2.37. The standard InChI is InChI=1S/C27H31N5O5S/c1-3-37-20-12-8-16(9-13-20)23(26(34)30-17-6-4-5-7-17)32(18-10-14-19(36-2)15-11-18)27(35)24-21(28)22(25(29)33)31-38-24/h8-15,17,23H,3-7,28H2,1-2H3,(H2,29,33)(H,30,34). The van der Waals surface area contributed by atoms with E-state index in [2.05, 4.69) is 9.69 Å². The molecule has 1 heterocycles. The number of nitrogens with two attached hydrogens (primary N) is 2. The number of primary amides is 1. The van der Waals surface area contributed by atoms with E-state index in [0.717, 1.165) is 37.2 Å². The molecule has 1 unspecified atom stereocenters. The first kappa shape index (κ1) is 26.9. The molecule has 1 fully saturated rings. The van der Waals surface area contributed by atoms with E-state index >= 15 is 0 Å². The van der Waals surface area contributed by atoms with Crippen LogP contribution < -0.4 is 31.2 Å². The largest absolute Gasteiger partial charge is 0.497 e. The van der Waals surface area contributed by atoms with Crippen LogP contribution in [0.2, 0.25) is 0 Å². The molecule has 3 aromatic rings. The van der Waals surface area contributed by atoms with E-state index in [1.165, 1.54) is 4.90 Å². The predicted molar refractivity (Wildman–Crippen MR) is 146 cm³/mol. The van der Waals surface area contributed by atoms with Crippen LogP contribution in [0.3, 0.4) is 0 Å². The molecule has 1 aliphatic carbocycles. The zero-order valence-electron chi connectivity index (χ0n) is 21.3. The first-order valence-electron chi connectivity index (χ1n) is 12.4. The van der Waals surface area contributed by atoms with Gasteiger partial charge in [0, 0.05) is 11.7 Å². The van der Waals surface area contributed by atoms with Crippen molar-refractivity contribution in [2.24, 2.45) is 5.73 Å². The van der Waals surface area contributed by atoms with Gasteiger partial charge in [-0.25, -0.2) is 0 Å². The van der Waals surface area contributed by atoms with Crippen molar-refractivity contribution >= 4 is 40.6 Å². The second kappa shape index (κ2) is 12.0. The van der Waals surface area contributed by atoms with Gasteiger partial charge in [0.15, 0.2) is 5.69 Å². The van der Waals surface area contributed by atoms with E-state index in [1.54, 1.807) is 55.6 Å². The van der Waals surface area contributed by atoms with Crippen LogP contribution in [0.1, 0.15) is 64.4 Å². The number of methoxy groups -OCH3 is 1. The number of aromatic nitrogens is 1. The van der Waals surface area contributed by atoms with Crippen molar-refractivity contribution in [2.75, 3.05) is 24.4 Å². The minimum Gasteiger partial charge on any atom is -0.497 e. The Labute approximate surface area is 225 Å². The van der Waals surface area contributed by atoms with E-state index in [0.29, 0.717) is 29.4 Å². The van der Waals surface area contributed by atoms with Crippen LogP contribution in [0.15, 0.2) is 48.5 Å². The monoisotopic (exact) mass is 537 g/mol. The summed E-state index contributed by atoms with van der Waals surface area (Å²) < 4.78 is 14.8. The highest BCUT2D eigenvalue weighted by atomic mass is 32.1. The highest BCUT2D eigenvalue weighted by molar-refractivity contribution is 7.09. The lowest BCUT2D eigenvalue weighted by atomic mass is 10.0. The third-order valence-electron chi connectivity index (χ3n) is 6.44. The second-order valence-electron chi connectivity index (χ2n) is 8.91. The van der Waals surface area contributed by atoms with Crippen molar-refractivity contribution in [3.63, 3.8) is 0 Å². The lowest BCUT2D eigenvalue weighted by molar-refractivity contribution is -0.123. The van der Waals surface area contributed by atoms with Gasteiger partial charge in [-0.1, -0.05) is 25.0 Å². The molecule has 5 N–H and O–H groups in total. The van der Waals surface area contributed by atoms with Crippen molar-refractivity contribution in [2.45, 2.75) is 44.7 Å². The Balaban J connectivity index is 1.84. The van der Waals surface area contributed by atoms with Gasteiger partial charge in [0.25, 0.3) is 11.8 Å². The number of carbonyl (C=O) groups excluding carboxylic acids is 3. The van der Waals surface area contributed by atoms with Gasteiger partial charge in [0.2, 0.25) is 5.91 Å². The number of amides is 3. The molecule has 1 aromatic heterocycles. The first-order valence-corrected chi connectivity index (χ1v) is 13.2. The third-order valence-corrected chi connectivity index (χ3v) is 7.29. The molecule has 4 rings (SSSR count). The molecule has 1 saturated carbocycles. The molecule has 11 heteroatoms. The Morgan fingerprint density at radius 2 is 1.71 bits per heavy atom. The molecule has 1 atom stereocenters. The summed E-state index contributed by atoms with van der Waals surface area (Å²) in [4.78, 5) is 41.2. The van der Waals surface area contributed by atoms with Crippen LogP contribution in [-0.2, 0) is 4.79 Å². The molecule has 3 amide bonds. The van der Waals surface area contributed by atoms with Crippen molar-refractivity contribution < 1.29 is 23.9 Å². The Morgan fingerprint density at radius 1 is 1.08 bits per heavy atom. The maximum atomic E-state index is 14.1. The van der Waals surface area contributed by atoms with Crippen molar-refractivity contribution in [3.8, 4) is 11.5 Å². The van der Waals surface area contributed by atoms with Crippen LogP contribution in [0, 0.1) is 0 Å². The van der Waals surface area contributed by atoms with Gasteiger partial charge in [-0.05, 0) is 73.3 Å². The normalized spacial score (nSPS) is 14.1. The first-order chi connectivity index (χ1) is 18.3. The summed E-state index contributed by atoms with van der Waals surface area (Å²) in [6.45, 7) is 2.38. The summed E-state index contributed by atoms with van der Waals surface area (Å²) in [6, 6.07) is 12.8. The number of benzene rings is 2. The fraction of sp³-hybridized carbons (Fsp3) is 0.333. The molecular weight excluding hydrogens is 506 g/mol. The van der Waals surface area contributed by atoms with Crippen molar-refractivity contribution in [1.82, 2.24) is 9.69 Å². The fourth-order valence-electron chi connectivity index (χ4n) is 4.55. The van der Waals surface area contributed by atoms with Crippen LogP contribution in [0.4, 0.5) is 11.4 Å². The summed E-state index contributed by atoms with van der Waals surface area (Å²) in [5.74, 6) is -0.522. The quantitative estimate of drug-likeness (QED) is 0.357. The maximum Gasteiger partial charge on any atom is 0.273 e. The molecule has 10 nitrogen and oxygen atoms in total. The molecule has 0 aliphatic heterocycles. The topological polar surface area (TPSA) is 150 Å². The highest BCUT2D eigenvalue weighted by Crippen LogP contribution is 2.35. The Morgan fingerprint density at radius 3 is 2.26 bits per heavy atom. The van der Waals surface area contributed by atoms with E-state index in [-0.39, 0.29) is 28.2 Å². The number of anilines is 2. The van der Waals surface area contributed by atoms with Gasteiger partial charge in [-0.15, -0.1) is 0 Å². The minimum absolute atomic E-state index is 0.0132. The van der Waals surface area contributed by atoms with Gasteiger partial charge >= 0.3 is 0 Å². The molecule has 0 radical (unpaired) electrons. The molecule has 2 aromatic carbocycles. The molecule has 1 aliphatic rings. The molecule has 200 valence electrons. The Hall–Kier alpha value is -4.12. The predicted octanol–water partition coefficient (Wildman–Crippen LogP) is 3.68. The molecule has 0 bridgehead atoms. The lowest BCUT2D eigenvalue weighted by Crippen LogP contribution is -2.46. The van der Waals surface area contributed by atoms with Gasteiger partial charge in [-0.2, -0.15) is 4.37 Å². The van der Waals surface area contributed by atoms with Gasteiger partial charge in [0.1, 0.15) is 22.4 Å². The number of rotatable bonds is 10. The second-order valence-corrected chi connectivity index (χ2v) is 9.68. The molecule has 0 saturated heterocycles. The number of carbonyl (C=O) groups is 3. The van der Waals surface area contributed by atoms with E-state index in [4.69, 9.17) is 20.9 Å². The SMILES string of the molecule is CCOc1ccc(C(C(=O)NC2CCCC2)N(C(=O)c2snc(C(N)=O)c2N)c2ccc(OC)cc2)cc1. The van der Waals surface area contributed by atoms with Gasteiger partial charge in [0.05, 0.1) is 19.4 Å². The number of nitrogens with one attached hydrogen (secondary N) is 1. The van der Waals surface area contributed by atoms with Crippen LogP contribution >= 0.6 is 11.5 Å². The van der Waals surface area contributed by atoms with Crippen LogP contribution in [0.25, 0.3) is 0 Å². The van der Waals surface area contributed by atoms with E-state index in [9.17, 15) is 14.4 Å². The summed E-state index contributed by atoms with van der Waals surface area (Å²) in [6.07, 6.45) is 3.82. The van der Waals surface area contributed by atoms with E-state index in [1.807, 2.05) is 6.92 Å². The van der Waals surface area contributed by atoms with Gasteiger partial charge in [-0.3, -0.25) is 19.3 Å². The summed E-state index contributed by atoms with van der Waals surface area (Å²) >= 11 is 0.766. The number of hydrogen-bond acceptors (Lipinski definition) is 8. The smallest absolute Gasteiger partial charge is 0.273 e. The summed E-state index contributed by atoms with van der Waals surface area (Å²) in [5.41, 5.74) is 12.2. The van der Waals surface area contributed by atoms with E-state index < -0.39 is 17.9 Å². The maximum absolute atomic E-state index is 14.1. The fourth-order valence-corrected chi connectivity index (χ4v) is 5.29. The summed E-state index contributed by atoms with van der Waals surface area (Å²) in [5, 5.41) is 3.13. The average molecular weight is 538 g/mol. The molecule has 0 spiro atoms. The molecular formula is C27H31N5O5S.